The first-order valence-electron chi connectivity index (χ1n) is 7.16. The maximum atomic E-state index is 12.6. The minimum atomic E-state index is 0.0780. The third-order valence-corrected chi connectivity index (χ3v) is 4.26. The smallest absolute Gasteiger partial charge is 0.193 e. The van der Waals surface area contributed by atoms with Crippen molar-refractivity contribution in [1.82, 2.24) is 0 Å². The molecule has 0 unspecified atom stereocenters. The van der Waals surface area contributed by atoms with Gasteiger partial charge in [-0.2, -0.15) is 0 Å². The minimum absolute atomic E-state index is 0.0780. The second-order valence-corrected chi connectivity index (χ2v) is 5.65. The van der Waals surface area contributed by atoms with Crippen molar-refractivity contribution in [3.05, 3.63) is 64.7 Å². The summed E-state index contributed by atoms with van der Waals surface area (Å²) in [6.07, 6.45) is 3.80. The number of carbonyl (C=O) groups is 1. The van der Waals surface area contributed by atoms with Gasteiger partial charge in [-0.15, -0.1) is 0 Å². The van der Waals surface area contributed by atoms with Gasteiger partial charge in [-0.3, -0.25) is 4.79 Å². The predicted octanol–water partition coefficient (Wildman–Crippen LogP) is 4.08. The molecule has 0 aliphatic heterocycles. The lowest BCUT2D eigenvalue weighted by atomic mass is 9.79. The molecule has 0 spiro atoms. The third kappa shape index (κ3) is 2.34. The van der Waals surface area contributed by atoms with Crippen LogP contribution in [0.1, 0.15) is 52.2 Å². The first-order valence-corrected chi connectivity index (χ1v) is 7.16. The number of nitrogens with two attached hydrogens (primary N) is 1. The van der Waals surface area contributed by atoms with Gasteiger partial charge in [-0.25, -0.2) is 0 Å². The maximum absolute atomic E-state index is 12.6. The van der Waals surface area contributed by atoms with Crippen LogP contribution in [0.5, 0.6) is 0 Å². The zero-order valence-electron chi connectivity index (χ0n) is 11.7. The van der Waals surface area contributed by atoms with Crippen LogP contribution in [0.2, 0.25) is 0 Å². The van der Waals surface area contributed by atoms with Crippen molar-refractivity contribution in [2.45, 2.75) is 32.1 Å². The molecule has 2 aromatic rings. The molecule has 2 nitrogen and oxygen atoms in total. The highest BCUT2D eigenvalue weighted by Gasteiger charge is 2.20. The van der Waals surface area contributed by atoms with E-state index in [2.05, 4.69) is 12.1 Å². The lowest BCUT2D eigenvalue weighted by Crippen LogP contribution is -2.10. The molecule has 20 heavy (non-hydrogen) atoms. The summed E-state index contributed by atoms with van der Waals surface area (Å²) in [4.78, 5) is 12.6. The van der Waals surface area contributed by atoms with Crippen molar-refractivity contribution in [2.75, 3.05) is 5.73 Å². The summed E-state index contributed by atoms with van der Waals surface area (Å²) in [5.74, 6) is 0.727. The van der Waals surface area contributed by atoms with Crippen molar-refractivity contribution in [3.63, 3.8) is 0 Å². The van der Waals surface area contributed by atoms with E-state index in [4.69, 9.17) is 5.73 Å². The van der Waals surface area contributed by atoms with Crippen LogP contribution in [0, 0.1) is 6.92 Å². The van der Waals surface area contributed by atoms with Crippen LogP contribution < -0.4 is 5.73 Å². The Morgan fingerprint density at radius 1 is 1.10 bits per heavy atom. The van der Waals surface area contributed by atoms with Crippen LogP contribution in [0.15, 0.2) is 42.5 Å². The summed E-state index contributed by atoms with van der Waals surface area (Å²) in [6, 6.07) is 13.6. The Hall–Kier alpha value is -2.09. The number of rotatable bonds is 3. The van der Waals surface area contributed by atoms with Crippen LogP contribution in [-0.4, -0.2) is 5.78 Å². The number of aryl methyl sites for hydroxylation is 1. The monoisotopic (exact) mass is 265 g/mol. The summed E-state index contributed by atoms with van der Waals surface area (Å²) < 4.78 is 0. The molecule has 0 aromatic heterocycles. The molecule has 2 aromatic carbocycles. The molecule has 102 valence electrons. The maximum Gasteiger partial charge on any atom is 0.193 e. The molecular formula is C18H19NO. The van der Waals surface area contributed by atoms with E-state index >= 15 is 0 Å². The molecule has 0 radical (unpaired) electrons. The van der Waals surface area contributed by atoms with Gasteiger partial charge in [-0.1, -0.05) is 24.6 Å². The molecule has 0 heterocycles. The minimum Gasteiger partial charge on any atom is -0.399 e. The summed E-state index contributed by atoms with van der Waals surface area (Å²) in [5, 5.41) is 0. The molecule has 2 heteroatoms. The van der Waals surface area contributed by atoms with Gasteiger partial charge in [0.2, 0.25) is 0 Å². The van der Waals surface area contributed by atoms with Crippen LogP contribution in [-0.2, 0) is 0 Å². The SMILES string of the molecule is Cc1cc(C(=O)c2cccc(C3CCC3)c2)ccc1N. The standard InChI is InChI=1S/C18H19NO/c1-12-10-16(8-9-17(12)19)18(20)15-7-3-6-14(11-15)13-4-2-5-13/h3,6-11,13H,2,4-5,19H2,1H3. The van der Waals surface area contributed by atoms with E-state index in [-0.39, 0.29) is 5.78 Å². The van der Waals surface area contributed by atoms with Gasteiger partial charge < -0.3 is 5.73 Å². The van der Waals surface area contributed by atoms with Gasteiger partial charge >= 0.3 is 0 Å². The fraction of sp³-hybridized carbons (Fsp3) is 0.278. The van der Waals surface area contributed by atoms with Crippen LogP contribution in [0.3, 0.4) is 0 Å². The molecule has 1 saturated carbocycles. The van der Waals surface area contributed by atoms with Gasteiger partial charge in [0.05, 0.1) is 0 Å². The van der Waals surface area contributed by atoms with Crippen molar-refractivity contribution in [3.8, 4) is 0 Å². The van der Waals surface area contributed by atoms with Crippen molar-refractivity contribution in [2.24, 2.45) is 0 Å². The van der Waals surface area contributed by atoms with Crippen molar-refractivity contribution < 1.29 is 4.79 Å². The molecular weight excluding hydrogens is 246 g/mol. The van der Waals surface area contributed by atoms with Crippen molar-refractivity contribution in [1.29, 1.82) is 0 Å². The molecule has 2 N–H and O–H groups in total. The second-order valence-electron chi connectivity index (χ2n) is 5.65. The van der Waals surface area contributed by atoms with E-state index in [1.165, 1.54) is 24.8 Å². The fourth-order valence-corrected chi connectivity index (χ4v) is 2.66. The Kier molecular flexibility index (Phi) is 3.31. The number of hydrogen-bond acceptors (Lipinski definition) is 2. The van der Waals surface area contributed by atoms with E-state index in [0.717, 1.165) is 16.8 Å². The van der Waals surface area contributed by atoms with Gasteiger partial charge in [0.1, 0.15) is 0 Å². The Bertz CT molecular complexity index is 656. The highest BCUT2D eigenvalue weighted by Crippen LogP contribution is 2.36. The number of anilines is 1. The first-order chi connectivity index (χ1) is 9.65. The van der Waals surface area contributed by atoms with Gasteiger partial charge in [-0.05, 0) is 61.1 Å². The molecule has 1 aliphatic carbocycles. The van der Waals surface area contributed by atoms with Crippen LogP contribution >= 0.6 is 0 Å². The zero-order valence-corrected chi connectivity index (χ0v) is 11.7. The predicted molar refractivity (Wildman–Crippen MR) is 82.1 cm³/mol. The number of hydrogen-bond donors (Lipinski definition) is 1. The van der Waals surface area contributed by atoms with E-state index in [1.54, 1.807) is 12.1 Å². The highest BCUT2D eigenvalue weighted by atomic mass is 16.1. The first kappa shape index (κ1) is 12.9. The summed E-state index contributed by atoms with van der Waals surface area (Å²) in [7, 11) is 0. The molecule has 3 rings (SSSR count). The Morgan fingerprint density at radius 2 is 1.85 bits per heavy atom. The average molecular weight is 265 g/mol. The lowest BCUT2D eigenvalue weighted by molar-refractivity contribution is 0.103. The molecule has 0 amide bonds. The number of carbonyl (C=O) groups excluding carboxylic acids is 1. The van der Waals surface area contributed by atoms with E-state index < -0.39 is 0 Å². The topological polar surface area (TPSA) is 43.1 Å². The third-order valence-electron chi connectivity index (χ3n) is 4.26. The Labute approximate surface area is 119 Å². The van der Waals surface area contributed by atoms with Gasteiger partial charge in [0.25, 0.3) is 0 Å². The molecule has 0 atom stereocenters. The zero-order chi connectivity index (χ0) is 14.1. The number of benzene rings is 2. The van der Waals surface area contributed by atoms with Crippen molar-refractivity contribution >= 4 is 11.5 Å². The highest BCUT2D eigenvalue weighted by molar-refractivity contribution is 6.09. The largest absolute Gasteiger partial charge is 0.399 e. The fourth-order valence-electron chi connectivity index (χ4n) is 2.66. The molecule has 1 fully saturated rings. The Balaban J connectivity index is 1.91. The summed E-state index contributed by atoms with van der Waals surface area (Å²) >= 11 is 0. The van der Waals surface area contributed by atoms with Gasteiger partial charge in [0, 0.05) is 16.8 Å². The summed E-state index contributed by atoms with van der Waals surface area (Å²) in [5.41, 5.74) is 10.3. The average Bonchev–Trinajstić information content (AvgIpc) is 2.39. The molecule has 0 bridgehead atoms. The quantitative estimate of drug-likeness (QED) is 0.671. The second kappa shape index (κ2) is 5.12. The van der Waals surface area contributed by atoms with E-state index in [0.29, 0.717) is 11.5 Å². The number of nitrogen functional groups attached to an aromatic ring is 1. The van der Waals surface area contributed by atoms with Crippen LogP contribution in [0.4, 0.5) is 5.69 Å². The normalized spacial score (nSPS) is 14.8. The number of ketones is 1. The molecule has 0 saturated heterocycles. The Morgan fingerprint density at radius 3 is 2.50 bits per heavy atom. The van der Waals surface area contributed by atoms with E-state index in [1.807, 2.05) is 25.1 Å². The molecule has 1 aliphatic rings. The van der Waals surface area contributed by atoms with E-state index in [9.17, 15) is 4.79 Å². The van der Waals surface area contributed by atoms with Crippen LogP contribution in [0.25, 0.3) is 0 Å². The van der Waals surface area contributed by atoms with Gasteiger partial charge in [0.15, 0.2) is 5.78 Å². The summed E-state index contributed by atoms with van der Waals surface area (Å²) in [6.45, 7) is 1.93. The lowest BCUT2D eigenvalue weighted by Gasteiger charge is -2.26.